The highest BCUT2D eigenvalue weighted by molar-refractivity contribution is 6.00. The SMILES string of the molecule is Nc1ccnc(C2CCC(=O)NC2=O)n1. The van der Waals surface area contributed by atoms with E-state index in [1.807, 2.05) is 0 Å². The van der Waals surface area contributed by atoms with E-state index in [4.69, 9.17) is 5.73 Å². The minimum Gasteiger partial charge on any atom is -0.384 e. The van der Waals surface area contributed by atoms with Crippen molar-refractivity contribution in [3.8, 4) is 0 Å². The summed E-state index contributed by atoms with van der Waals surface area (Å²) in [5, 5.41) is 2.25. The number of carbonyl (C=O) groups is 2. The fraction of sp³-hybridized carbons (Fsp3) is 0.333. The maximum atomic E-state index is 11.5. The predicted molar refractivity (Wildman–Crippen MR) is 51.6 cm³/mol. The van der Waals surface area contributed by atoms with Crippen LogP contribution in [-0.4, -0.2) is 21.8 Å². The monoisotopic (exact) mass is 206 g/mol. The topological polar surface area (TPSA) is 98.0 Å². The maximum Gasteiger partial charge on any atom is 0.237 e. The molecular formula is C9H10N4O2. The molecule has 0 aliphatic carbocycles. The molecule has 0 radical (unpaired) electrons. The van der Waals surface area contributed by atoms with Crippen LogP contribution in [0.5, 0.6) is 0 Å². The van der Waals surface area contributed by atoms with E-state index in [2.05, 4.69) is 15.3 Å². The molecule has 0 aromatic carbocycles. The van der Waals surface area contributed by atoms with Gasteiger partial charge < -0.3 is 5.73 Å². The Bertz CT molecular complexity index is 418. The Morgan fingerprint density at radius 2 is 2.27 bits per heavy atom. The van der Waals surface area contributed by atoms with Gasteiger partial charge in [0, 0.05) is 12.6 Å². The van der Waals surface area contributed by atoms with Crippen LogP contribution in [-0.2, 0) is 9.59 Å². The van der Waals surface area contributed by atoms with Gasteiger partial charge in [-0.1, -0.05) is 0 Å². The summed E-state index contributed by atoms with van der Waals surface area (Å²) in [4.78, 5) is 30.3. The number of anilines is 1. The molecule has 1 aliphatic rings. The van der Waals surface area contributed by atoms with Crippen LogP contribution in [0.25, 0.3) is 0 Å². The molecule has 6 nitrogen and oxygen atoms in total. The Balaban J connectivity index is 2.24. The lowest BCUT2D eigenvalue weighted by atomic mass is 9.97. The molecule has 1 aromatic heterocycles. The molecule has 2 rings (SSSR count). The smallest absolute Gasteiger partial charge is 0.237 e. The zero-order valence-electron chi connectivity index (χ0n) is 7.93. The van der Waals surface area contributed by atoms with Gasteiger partial charge >= 0.3 is 0 Å². The van der Waals surface area contributed by atoms with Crippen LogP contribution in [0, 0.1) is 0 Å². The molecule has 78 valence electrons. The third-order valence-corrected chi connectivity index (χ3v) is 2.25. The van der Waals surface area contributed by atoms with Crippen molar-refractivity contribution in [3.05, 3.63) is 18.1 Å². The molecule has 1 atom stereocenters. The van der Waals surface area contributed by atoms with Gasteiger partial charge in [0.05, 0.1) is 5.92 Å². The van der Waals surface area contributed by atoms with Gasteiger partial charge in [0.2, 0.25) is 11.8 Å². The number of piperidine rings is 1. The number of amides is 2. The highest BCUT2D eigenvalue weighted by Gasteiger charge is 2.29. The number of carbonyl (C=O) groups excluding carboxylic acids is 2. The highest BCUT2D eigenvalue weighted by Crippen LogP contribution is 2.21. The molecular weight excluding hydrogens is 196 g/mol. The van der Waals surface area contributed by atoms with E-state index in [-0.39, 0.29) is 11.8 Å². The van der Waals surface area contributed by atoms with Crippen molar-refractivity contribution in [1.29, 1.82) is 0 Å². The molecule has 0 bridgehead atoms. The highest BCUT2D eigenvalue weighted by atomic mass is 16.2. The lowest BCUT2D eigenvalue weighted by molar-refractivity contribution is -0.134. The summed E-state index contributed by atoms with van der Waals surface area (Å²) in [7, 11) is 0. The summed E-state index contributed by atoms with van der Waals surface area (Å²) in [6.45, 7) is 0. The number of nitrogens with two attached hydrogens (primary N) is 1. The molecule has 2 amide bonds. The summed E-state index contributed by atoms with van der Waals surface area (Å²) in [6.07, 6.45) is 2.25. The van der Waals surface area contributed by atoms with E-state index in [1.165, 1.54) is 6.20 Å². The standard InChI is InChI=1S/C9H10N4O2/c10-6-3-4-11-8(12-6)5-1-2-7(14)13-9(5)15/h3-5H,1-2H2,(H2,10,11,12)(H,13,14,15). The van der Waals surface area contributed by atoms with Crippen LogP contribution in [0.3, 0.4) is 0 Å². The summed E-state index contributed by atoms with van der Waals surface area (Å²) >= 11 is 0. The Kier molecular flexibility index (Phi) is 2.32. The van der Waals surface area contributed by atoms with Crippen LogP contribution >= 0.6 is 0 Å². The minimum absolute atomic E-state index is 0.250. The Morgan fingerprint density at radius 1 is 1.47 bits per heavy atom. The van der Waals surface area contributed by atoms with Crippen LogP contribution in [0.4, 0.5) is 5.82 Å². The van der Waals surface area contributed by atoms with Crippen molar-refractivity contribution >= 4 is 17.6 Å². The molecule has 0 saturated carbocycles. The van der Waals surface area contributed by atoms with Crippen LogP contribution in [0.15, 0.2) is 12.3 Å². The summed E-state index contributed by atoms with van der Waals surface area (Å²) in [5.74, 6) is -0.368. The van der Waals surface area contributed by atoms with Crippen molar-refractivity contribution in [2.24, 2.45) is 0 Å². The van der Waals surface area contributed by atoms with Gasteiger partial charge in [-0.2, -0.15) is 0 Å². The molecule has 15 heavy (non-hydrogen) atoms. The minimum atomic E-state index is -0.466. The predicted octanol–water partition coefficient (Wildman–Crippen LogP) is -0.421. The molecule has 1 aromatic rings. The van der Waals surface area contributed by atoms with Crippen LogP contribution in [0.2, 0.25) is 0 Å². The van der Waals surface area contributed by atoms with Gasteiger partial charge in [0.1, 0.15) is 11.6 Å². The lowest BCUT2D eigenvalue weighted by Gasteiger charge is -2.19. The summed E-state index contributed by atoms with van der Waals surface area (Å²) in [5.41, 5.74) is 5.49. The van der Waals surface area contributed by atoms with Crippen molar-refractivity contribution in [3.63, 3.8) is 0 Å². The van der Waals surface area contributed by atoms with Crippen LogP contribution < -0.4 is 11.1 Å². The van der Waals surface area contributed by atoms with Gasteiger partial charge in [0.15, 0.2) is 0 Å². The van der Waals surface area contributed by atoms with Gasteiger partial charge in [-0.25, -0.2) is 9.97 Å². The average molecular weight is 206 g/mol. The fourth-order valence-electron chi connectivity index (χ4n) is 1.50. The van der Waals surface area contributed by atoms with E-state index in [9.17, 15) is 9.59 Å². The van der Waals surface area contributed by atoms with Gasteiger partial charge in [0.25, 0.3) is 0 Å². The average Bonchev–Trinajstić information content (AvgIpc) is 2.17. The number of nitrogens with zero attached hydrogens (tertiary/aromatic N) is 2. The van der Waals surface area contributed by atoms with Gasteiger partial charge in [-0.05, 0) is 12.5 Å². The first kappa shape index (κ1) is 9.57. The van der Waals surface area contributed by atoms with E-state index in [1.54, 1.807) is 6.07 Å². The first-order valence-electron chi connectivity index (χ1n) is 4.59. The molecule has 1 fully saturated rings. The number of imide groups is 1. The lowest BCUT2D eigenvalue weighted by Crippen LogP contribution is -2.40. The number of rotatable bonds is 1. The zero-order valence-corrected chi connectivity index (χ0v) is 7.93. The first-order valence-corrected chi connectivity index (χ1v) is 4.59. The van der Waals surface area contributed by atoms with Crippen LogP contribution in [0.1, 0.15) is 24.6 Å². The quantitative estimate of drug-likeness (QED) is 0.608. The summed E-state index contributed by atoms with van der Waals surface area (Å²) < 4.78 is 0. The van der Waals surface area contributed by atoms with Crippen molar-refractivity contribution in [2.75, 3.05) is 5.73 Å². The third kappa shape index (κ3) is 1.93. The second-order valence-electron chi connectivity index (χ2n) is 3.34. The van der Waals surface area contributed by atoms with E-state index in [0.29, 0.717) is 24.5 Å². The number of nitrogens with one attached hydrogen (secondary N) is 1. The number of hydrogen-bond donors (Lipinski definition) is 2. The van der Waals surface area contributed by atoms with E-state index >= 15 is 0 Å². The summed E-state index contributed by atoms with van der Waals surface area (Å²) in [6, 6.07) is 1.55. The number of aromatic nitrogens is 2. The normalized spacial score (nSPS) is 21.2. The van der Waals surface area contributed by atoms with Gasteiger partial charge in [-0.15, -0.1) is 0 Å². The largest absolute Gasteiger partial charge is 0.384 e. The Hall–Kier alpha value is -1.98. The number of nitrogen functional groups attached to an aromatic ring is 1. The fourth-order valence-corrected chi connectivity index (χ4v) is 1.50. The number of hydrogen-bond acceptors (Lipinski definition) is 5. The van der Waals surface area contributed by atoms with E-state index in [0.717, 1.165) is 0 Å². The van der Waals surface area contributed by atoms with Crippen molar-refractivity contribution in [1.82, 2.24) is 15.3 Å². The van der Waals surface area contributed by atoms with Gasteiger partial charge in [-0.3, -0.25) is 14.9 Å². The Labute approximate surface area is 85.9 Å². The Morgan fingerprint density at radius 3 is 2.93 bits per heavy atom. The third-order valence-electron chi connectivity index (χ3n) is 2.25. The van der Waals surface area contributed by atoms with Crippen molar-refractivity contribution < 1.29 is 9.59 Å². The van der Waals surface area contributed by atoms with Crippen molar-refractivity contribution in [2.45, 2.75) is 18.8 Å². The second-order valence-corrected chi connectivity index (χ2v) is 3.34. The zero-order chi connectivity index (χ0) is 10.8. The first-order chi connectivity index (χ1) is 7.16. The molecule has 1 unspecified atom stereocenters. The molecule has 3 N–H and O–H groups in total. The second kappa shape index (κ2) is 3.64. The molecule has 0 spiro atoms. The molecule has 6 heteroatoms. The molecule has 2 heterocycles. The molecule has 1 saturated heterocycles. The maximum absolute atomic E-state index is 11.5. The van der Waals surface area contributed by atoms with E-state index < -0.39 is 5.92 Å². The molecule has 1 aliphatic heterocycles.